The van der Waals surface area contributed by atoms with E-state index in [0.29, 0.717) is 0 Å². The Labute approximate surface area is 132 Å². The number of hydrogen-bond acceptors (Lipinski definition) is 2. The van der Waals surface area contributed by atoms with Crippen molar-refractivity contribution in [2.24, 2.45) is 0 Å². The first-order chi connectivity index (χ1) is 10.4. The van der Waals surface area contributed by atoms with Gasteiger partial charge in [-0.1, -0.05) is 48.0 Å². The van der Waals surface area contributed by atoms with Gasteiger partial charge in [0.2, 0.25) is 0 Å². The van der Waals surface area contributed by atoms with E-state index in [0.717, 1.165) is 27.8 Å². The summed E-state index contributed by atoms with van der Waals surface area (Å²) in [5, 5.41) is 0. The van der Waals surface area contributed by atoms with E-state index in [2.05, 4.69) is 0 Å². The molecule has 0 aliphatic carbocycles. The number of aryl methyl sites for hydroxylation is 3. The molecule has 0 fully saturated rings. The minimum absolute atomic E-state index is 0.209. The Morgan fingerprint density at radius 3 is 2.14 bits per heavy atom. The number of rotatable bonds is 5. The maximum Gasteiger partial charge on any atom is 0.339 e. The third kappa shape index (κ3) is 3.49. The Balaban J connectivity index is 2.68. The fourth-order valence-electron chi connectivity index (χ4n) is 3.04. The van der Waals surface area contributed by atoms with Crippen molar-refractivity contribution in [3.05, 3.63) is 70.3 Å². The summed E-state index contributed by atoms with van der Waals surface area (Å²) in [6.07, 6.45) is 0. The number of benzene rings is 2. The van der Waals surface area contributed by atoms with E-state index in [1.54, 1.807) is 6.92 Å². The molecule has 0 bridgehead atoms. The van der Waals surface area contributed by atoms with Crippen LogP contribution in [-0.4, -0.2) is 11.5 Å². The smallest absolute Gasteiger partial charge is 0.324 e. The van der Waals surface area contributed by atoms with Gasteiger partial charge in [-0.05, 0) is 49.9 Å². The van der Waals surface area contributed by atoms with Gasteiger partial charge in [0.05, 0.1) is 6.61 Å². The quantitative estimate of drug-likeness (QED) is 0.796. The summed E-state index contributed by atoms with van der Waals surface area (Å²) in [5.74, 6) is 0. The molecule has 0 aliphatic heterocycles. The summed E-state index contributed by atoms with van der Waals surface area (Å²) in [7, 11) is -3.82. The van der Waals surface area contributed by atoms with Gasteiger partial charge in [0, 0.05) is 0 Å². The highest BCUT2D eigenvalue weighted by atomic mass is 31.2. The van der Waals surface area contributed by atoms with Crippen LogP contribution in [0.15, 0.2) is 42.5 Å². The average Bonchev–Trinajstić information content (AvgIpc) is 2.43. The molecule has 2 unspecified atom stereocenters. The zero-order chi connectivity index (χ0) is 16.3. The Bertz CT molecular complexity index is 672. The second-order valence-electron chi connectivity index (χ2n) is 5.61. The van der Waals surface area contributed by atoms with E-state index in [1.165, 1.54) is 0 Å². The van der Waals surface area contributed by atoms with Crippen molar-refractivity contribution in [1.82, 2.24) is 0 Å². The highest BCUT2D eigenvalue weighted by Gasteiger charge is 2.36. The van der Waals surface area contributed by atoms with E-state index >= 15 is 0 Å². The molecular formula is C18H23O3P. The number of hydrogen-bond donors (Lipinski definition) is 1. The van der Waals surface area contributed by atoms with Gasteiger partial charge in [-0.15, -0.1) is 0 Å². The third-order valence-corrected chi connectivity index (χ3v) is 5.60. The van der Waals surface area contributed by atoms with Crippen LogP contribution in [0.1, 0.15) is 40.4 Å². The van der Waals surface area contributed by atoms with E-state index < -0.39 is 13.3 Å². The minimum Gasteiger partial charge on any atom is -0.324 e. The molecule has 4 heteroatoms. The maximum absolute atomic E-state index is 12.8. The first-order valence-corrected chi connectivity index (χ1v) is 9.11. The topological polar surface area (TPSA) is 46.5 Å². The van der Waals surface area contributed by atoms with Crippen molar-refractivity contribution in [2.75, 3.05) is 6.61 Å². The normalized spacial score (nSPS) is 15.3. The van der Waals surface area contributed by atoms with Crippen molar-refractivity contribution in [1.29, 1.82) is 0 Å². The summed E-state index contributed by atoms with van der Waals surface area (Å²) >= 11 is 0. The molecule has 1 N–H and O–H groups in total. The van der Waals surface area contributed by atoms with Crippen molar-refractivity contribution < 1.29 is 14.0 Å². The highest BCUT2D eigenvalue weighted by Crippen LogP contribution is 2.60. The standard InChI is InChI=1S/C18H23O3P/c1-5-21-22(19,20)18(16-9-7-6-8-10-16)17-14(3)11-13(2)12-15(17)4/h6-12,18H,5H2,1-4H3,(H,19,20). The first-order valence-electron chi connectivity index (χ1n) is 7.46. The van der Waals surface area contributed by atoms with E-state index in [9.17, 15) is 9.46 Å². The van der Waals surface area contributed by atoms with Crippen LogP contribution in [0.5, 0.6) is 0 Å². The van der Waals surface area contributed by atoms with Crippen molar-refractivity contribution >= 4 is 7.60 Å². The van der Waals surface area contributed by atoms with Gasteiger partial charge in [-0.2, -0.15) is 0 Å². The average molecular weight is 318 g/mol. The summed E-state index contributed by atoms with van der Waals surface area (Å²) < 4.78 is 18.1. The van der Waals surface area contributed by atoms with Crippen LogP contribution < -0.4 is 0 Å². The van der Waals surface area contributed by atoms with Crippen LogP contribution in [0.4, 0.5) is 0 Å². The summed E-state index contributed by atoms with van der Waals surface area (Å²) in [6.45, 7) is 7.94. The molecule has 118 valence electrons. The van der Waals surface area contributed by atoms with Crippen LogP contribution in [0, 0.1) is 20.8 Å². The third-order valence-electron chi connectivity index (χ3n) is 3.77. The SMILES string of the molecule is CCOP(=O)(O)C(c1ccccc1)c1c(C)cc(C)cc1C. The maximum atomic E-state index is 12.8. The van der Waals surface area contributed by atoms with E-state index in [1.807, 2.05) is 63.2 Å². The Kier molecular flexibility index (Phi) is 5.23. The van der Waals surface area contributed by atoms with Gasteiger partial charge in [-0.3, -0.25) is 4.57 Å². The lowest BCUT2D eigenvalue weighted by atomic mass is 9.94. The molecule has 22 heavy (non-hydrogen) atoms. The Morgan fingerprint density at radius 1 is 1.09 bits per heavy atom. The molecule has 0 heterocycles. The first kappa shape index (κ1) is 17.0. The van der Waals surface area contributed by atoms with E-state index in [4.69, 9.17) is 4.52 Å². The molecule has 0 saturated carbocycles. The van der Waals surface area contributed by atoms with Crippen LogP contribution in [-0.2, 0) is 9.09 Å². The van der Waals surface area contributed by atoms with Gasteiger partial charge < -0.3 is 9.42 Å². The van der Waals surface area contributed by atoms with Crippen LogP contribution in [0.25, 0.3) is 0 Å². The molecule has 2 aromatic rings. The Morgan fingerprint density at radius 2 is 1.64 bits per heavy atom. The molecule has 2 aromatic carbocycles. The monoisotopic (exact) mass is 318 g/mol. The second kappa shape index (κ2) is 6.78. The van der Waals surface area contributed by atoms with Crippen molar-refractivity contribution in [3.8, 4) is 0 Å². The molecular weight excluding hydrogens is 295 g/mol. The van der Waals surface area contributed by atoms with Gasteiger partial charge in [0.15, 0.2) is 0 Å². The zero-order valence-corrected chi connectivity index (χ0v) is 14.4. The lowest BCUT2D eigenvalue weighted by Gasteiger charge is -2.26. The van der Waals surface area contributed by atoms with Gasteiger partial charge in [0.1, 0.15) is 5.66 Å². The van der Waals surface area contributed by atoms with Gasteiger partial charge in [0.25, 0.3) is 0 Å². The van der Waals surface area contributed by atoms with Gasteiger partial charge >= 0.3 is 7.60 Å². The fourth-order valence-corrected chi connectivity index (χ4v) is 4.84. The van der Waals surface area contributed by atoms with Gasteiger partial charge in [-0.25, -0.2) is 0 Å². The predicted octanol–water partition coefficient (Wildman–Crippen LogP) is 4.92. The molecule has 3 nitrogen and oxygen atoms in total. The fraction of sp³-hybridized carbons (Fsp3) is 0.333. The molecule has 0 radical (unpaired) electrons. The van der Waals surface area contributed by atoms with Crippen LogP contribution in [0.2, 0.25) is 0 Å². The molecule has 0 saturated heterocycles. The highest BCUT2D eigenvalue weighted by molar-refractivity contribution is 7.53. The molecule has 0 aromatic heterocycles. The zero-order valence-electron chi connectivity index (χ0n) is 13.5. The lowest BCUT2D eigenvalue weighted by molar-refractivity contribution is 0.268. The van der Waals surface area contributed by atoms with Crippen LogP contribution >= 0.6 is 7.60 Å². The van der Waals surface area contributed by atoms with Crippen molar-refractivity contribution in [2.45, 2.75) is 33.4 Å². The summed E-state index contributed by atoms with van der Waals surface area (Å²) in [5.41, 5.74) is 4.21. The second-order valence-corrected chi connectivity index (χ2v) is 7.51. The van der Waals surface area contributed by atoms with E-state index in [-0.39, 0.29) is 6.61 Å². The molecule has 0 spiro atoms. The largest absolute Gasteiger partial charge is 0.339 e. The predicted molar refractivity (Wildman–Crippen MR) is 90.4 cm³/mol. The molecule has 2 atom stereocenters. The molecule has 2 rings (SSSR count). The summed E-state index contributed by atoms with van der Waals surface area (Å²) in [6, 6.07) is 13.5. The molecule has 0 aliphatic rings. The minimum atomic E-state index is -3.82. The Hall–Kier alpha value is -1.41. The summed E-state index contributed by atoms with van der Waals surface area (Å²) in [4.78, 5) is 10.5. The van der Waals surface area contributed by atoms with Crippen molar-refractivity contribution in [3.63, 3.8) is 0 Å². The lowest BCUT2D eigenvalue weighted by Crippen LogP contribution is -2.09. The van der Waals surface area contributed by atoms with Crippen LogP contribution in [0.3, 0.4) is 0 Å². The molecule has 0 amide bonds.